The van der Waals surface area contributed by atoms with Gasteiger partial charge in [0.2, 0.25) is 5.91 Å². The average Bonchev–Trinajstić information content (AvgIpc) is 2.91. The van der Waals surface area contributed by atoms with Gasteiger partial charge < -0.3 is 19.9 Å². The summed E-state index contributed by atoms with van der Waals surface area (Å²) in [5.41, 5.74) is 0.695. The molecule has 1 aromatic carbocycles. The van der Waals surface area contributed by atoms with Crippen molar-refractivity contribution in [3.05, 3.63) is 29.8 Å². The Morgan fingerprint density at radius 3 is 2.62 bits per heavy atom. The zero-order chi connectivity index (χ0) is 18.7. The number of hydrogen-bond donors (Lipinski definition) is 1. The Bertz CT molecular complexity index is 659. The highest BCUT2D eigenvalue weighted by molar-refractivity contribution is 5.86. The quantitative estimate of drug-likeness (QED) is 0.899. The molecule has 1 spiro atoms. The number of ether oxygens (including phenoxy) is 1. The zero-order valence-corrected chi connectivity index (χ0v) is 16.0. The summed E-state index contributed by atoms with van der Waals surface area (Å²) in [6, 6.07) is 7.89. The smallest absolute Gasteiger partial charge is 0.317 e. The monoisotopic (exact) mass is 359 g/mol. The standard InChI is InChI=1S/C20H29N3O3/c1-15(2)21-19(25)23-11-4-9-20(14-23)10-12-22(18(20)24)13-16-5-7-17(26-3)8-6-16/h5-8,15H,4,9-14H2,1-3H3,(H,21,25)/t20-/m0/s1. The fourth-order valence-electron chi connectivity index (χ4n) is 4.02. The Labute approximate surface area is 155 Å². The Hall–Kier alpha value is -2.24. The molecule has 0 aromatic heterocycles. The van der Waals surface area contributed by atoms with E-state index in [2.05, 4.69) is 5.32 Å². The summed E-state index contributed by atoms with van der Waals surface area (Å²) in [7, 11) is 1.65. The van der Waals surface area contributed by atoms with Crippen LogP contribution >= 0.6 is 0 Å². The van der Waals surface area contributed by atoms with Crippen molar-refractivity contribution in [2.24, 2.45) is 5.41 Å². The van der Waals surface area contributed by atoms with Gasteiger partial charge >= 0.3 is 6.03 Å². The molecule has 1 aromatic rings. The van der Waals surface area contributed by atoms with Crippen LogP contribution in [0.25, 0.3) is 0 Å². The molecule has 142 valence electrons. The van der Waals surface area contributed by atoms with E-state index in [1.165, 1.54) is 0 Å². The van der Waals surface area contributed by atoms with Gasteiger partial charge in [0.25, 0.3) is 0 Å². The topological polar surface area (TPSA) is 61.9 Å². The minimum atomic E-state index is -0.404. The number of urea groups is 1. The van der Waals surface area contributed by atoms with Crippen LogP contribution in [0.3, 0.4) is 0 Å². The number of rotatable bonds is 4. The molecule has 0 bridgehead atoms. The van der Waals surface area contributed by atoms with Crippen LogP contribution in [0.5, 0.6) is 5.75 Å². The highest BCUT2D eigenvalue weighted by Gasteiger charge is 2.49. The number of likely N-dealkylation sites (tertiary alicyclic amines) is 2. The SMILES string of the molecule is COc1ccc(CN2CC[C@]3(CCCN(C(=O)NC(C)C)C3)C2=O)cc1. The molecule has 0 aliphatic carbocycles. The highest BCUT2D eigenvalue weighted by Crippen LogP contribution is 2.40. The fraction of sp³-hybridized carbons (Fsp3) is 0.600. The van der Waals surface area contributed by atoms with Crippen LogP contribution in [0.4, 0.5) is 4.79 Å². The van der Waals surface area contributed by atoms with Crippen LogP contribution in [0.15, 0.2) is 24.3 Å². The molecule has 0 unspecified atom stereocenters. The lowest BCUT2D eigenvalue weighted by atomic mass is 9.78. The van der Waals surface area contributed by atoms with Gasteiger partial charge in [0, 0.05) is 32.2 Å². The van der Waals surface area contributed by atoms with E-state index in [9.17, 15) is 9.59 Å². The molecule has 2 aliphatic heterocycles. The van der Waals surface area contributed by atoms with Gasteiger partial charge in [-0.2, -0.15) is 0 Å². The van der Waals surface area contributed by atoms with Crippen molar-refractivity contribution < 1.29 is 14.3 Å². The summed E-state index contributed by atoms with van der Waals surface area (Å²) >= 11 is 0. The third kappa shape index (κ3) is 3.79. The summed E-state index contributed by atoms with van der Waals surface area (Å²) in [6.45, 7) is 6.53. The molecule has 1 atom stereocenters. The molecule has 2 aliphatic rings. The lowest BCUT2D eigenvalue weighted by molar-refractivity contribution is -0.138. The van der Waals surface area contributed by atoms with Gasteiger partial charge in [-0.25, -0.2) is 4.79 Å². The lowest BCUT2D eigenvalue weighted by Gasteiger charge is -2.39. The van der Waals surface area contributed by atoms with E-state index in [4.69, 9.17) is 4.74 Å². The summed E-state index contributed by atoms with van der Waals surface area (Å²) in [5, 5.41) is 2.95. The number of methoxy groups -OCH3 is 1. The molecular formula is C20H29N3O3. The van der Waals surface area contributed by atoms with Gasteiger partial charge in [-0.15, -0.1) is 0 Å². The highest BCUT2D eigenvalue weighted by atomic mass is 16.5. The van der Waals surface area contributed by atoms with E-state index in [0.717, 1.165) is 43.7 Å². The van der Waals surface area contributed by atoms with Crippen LogP contribution in [-0.2, 0) is 11.3 Å². The number of nitrogens with one attached hydrogen (secondary N) is 1. The van der Waals surface area contributed by atoms with E-state index < -0.39 is 5.41 Å². The average molecular weight is 359 g/mol. The Kier molecular flexibility index (Phi) is 5.39. The molecule has 26 heavy (non-hydrogen) atoms. The van der Waals surface area contributed by atoms with Gasteiger partial charge in [-0.1, -0.05) is 12.1 Å². The lowest BCUT2D eigenvalue weighted by Crippen LogP contribution is -2.53. The van der Waals surface area contributed by atoms with Crippen LogP contribution in [-0.4, -0.2) is 54.5 Å². The van der Waals surface area contributed by atoms with Crippen molar-refractivity contribution in [3.8, 4) is 5.75 Å². The zero-order valence-electron chi connectivity index (χ0n) is 16.0. The normalized spacial score (nSPS) is 23.0. The molecular weight excluding hydrogens is 330 g/mol. The summed E-state index contributed by atoms with van der Waals surface area (Å²) in [4.78, 5) is 29.3. The number of hydrogen-bond acceptors (Lipinski definition) is 3. The largest absolute Gasteiger partial charge is 0.497 e. The van der Waals surface area contributed by atoms with Crippen molar-refractivity contribution in [3.63, 3.8) is 0 Å². The molecule has 3 rings (SSSR count). The first-order chi connectivity index (χ1) is 12.4. The molecule has 6 nitrogen and oxygen atoms in total. The van der Waals surface area contributed by atoms with Gasteiger partial charge in [0.15, 0.2) is 0 Å². The van der Waals surface area contributed by atoms with Crippen LogP contribution in [0.2, 0.25) is 0 Å². The van der Waals surface area contributed by atoms with Gasteiger partial charge in [0.1, 0.15) is 5.75 Å². The number of carbonyl (C=O) groups excluding carboxylic acids is 2. The Balaban J connectivity index is 1.65. The first kappa shape index (κ1) is 18.5. The molecule has 0 radical (unpaired) electrons. The molecule has 6 heteroatoms. The van der Waals surface area contributed by atoms with E-state index in [1.807, 2.05) is 47.9 Å². The maximum Gasteiger partial charge on any atom is 0.317 e. The Morgan fingerprint density at radius 1 is 1.23 bits per heavy atom. The minimum absolute atomic E-state index is 0.0551. The number of nitrogens with zero attached hydrogens (tertiary/aromatic N) is 2. The summed E-state index contributed by atoms with van der Waals surface area (Å²) in [5.74, 6) is 1.01. The van der Waals surface area contributed by atoms with Gasteiger partial charge in [-0.05, 0) is 50.8 Å². The van der Waals surface area contributed by atoms with Crippen LogP contribution in [0.1, 0.15) is 38.7 Å². The van der Waals surface area contributed by atoms with Crippen molar-refractivity contribution >= 4 is 11.9 Å². The van der Waals surface area contributed by atoms with Crippen molar-refractivity contribution in [2.75, 3.05) is 26.7 Å². The number of piperidine rings is 1. The van der Waals surface area contributed by atoms with Gasteiger partial charge in [0.05, 0.1) is 12.5 Å². The predicted octanol–water partition coefficient (Wildman–Crippen LogP) is 2.63. The van der Waals surface area contributed by atoms with Gasteiger partial charge in [-0.3, -0.25) is 4.79 Å². The van der Waals surface area contributed by atoms with Crippen molar-refractivity contribution in [2.45, 2.75) is 45.7 Å². The maximum atomic E-state index is 13.1. The third-order valence-corrected chi connectivity index (χ3v) is 5.41. The van der Waals surface area contributed by atoms with E-state index >= 15 is 0 Å². The molecule has 3 amide bonds. The third-order valence-electron chi connectivity index (χ3n) is 5.41. The second kappa shape index (κ2) is 7.56. The van der Waals surface area contributed by atoms with Crippen LogP contribution in [0, 0.1) is 5.41 Å². The van der Waals surface area contributed by atoms with Crippen molar-refractivity contribution in [1.29, 1.82) is 0 Å². The van der Waals surface area contributed by atoms with E-state index in [1.54, 1.807) is 7.11 Å². The molecule has 1 N–H and O–H groups in total. The van der Waals surface area contributed by atoms with E-state index in [-0.39, 0.29) is 18.0 Å². The number of carbonyl (C=O) groups is 2. The summed E-state index contributed by atoms with van der Waals surface area (Å²) in [6.07, 6.45) is 2.58. The second-order valence-electron chi connectivity index (χ2n) is 7.73. The minimum Gasteiger partial charge on any atom is -0.497 e. The number of amides is 3. The van der Waals surface area contributed by atoms with E-state index in [0.29, 0.717) is 13.1 Å². The van der Waals surface area contributed by atoms with Crippen molar-refractivity contribution in [1.82, 2.24) is 15.1 Å². The predicted molar refractivity (Wildman–Crippen MR) is 99.9 cm³/mol. The molecule has 2 saturated heterocycles. The molecule has 0 saturated carbocycles. The first-order valence-corrected chi connectivity index (χ1v) is 9.41. The van der Waals surface area contributed by atoms with Crippen LogP contribution < -0.4 is 10.1 Å². The molecule has 2 fully saturated rings. The Morgan fingerprint density at radius 2 is 1.96 bits per heavy atom. The fourth-order valence-corrected chi connectivity index (χ4v) is 4.02. The second-order valence-corrected chi connectivity index (χ2v) is 7.73. The first-order valence-electron chi connectivity index (χ1n) is 9.41. The maximum absolute atomic E-state index is 13.1. The molecule has 2 heterocycles. The number of benzene rings is 1. The summed E-state index contributed by atoms with van der Waals surface area (Å²) < 4.78 is 5.19.